The third-order valence-corrected chi connectivity index (χ3v) is 4.95. The first-order valence-corrected chi connectivity index (χ1v) is 9.78. The molecule has 1 heterocycles. The van der Waals surface area contributed by atoms with E-state index in [1.165, 1.54) is 6.08 Å². The molecule has 1 aromatic heterocycles. The van der Waals surface area contributed by atoms with Crippen molar-refractivity contribution in [3.63, 3.8) is 0 Å². The summed E-state index contributed by atoms with van der Waals surface area (Å²) in [5, 5.41) is 13.2. The molecular weight excluding hydrogens is 423 g/mol. The molecule has 1 amide bonds. The number of hydrogen-bond donors (Lipinski definition) is 1. The predicted octanol–water partition coefficient (Wildman–Crippen LogP) is 6.33. The van der Waals surface area contributed by atoms with Gasteiger partial charge in [-0.2, -0.15) is 5.26 Å². The summed E-state index contributed by atoms with van der Waals surface area (Å²) in [4.78, 5) is 12.5. The van der Waals surface area contributed by atoms with Crippen LogP contribution >= 0.6 is 23.2 Å². The molecule has 0 bridgehead atoms. The van der Waals surface area contributed by atoms with Crippen LogP contribution in [0.5, 0.6) is 5.75 Å². The lowest BCUT2D eigenvalue weighted by Gasteiger charge is -2.08. The number of hydrogen-bond acceptors (Lipinski definition) is 4. The van der Waals surface area contributed by atoms with Crippen molar-refractivity contribution in [3.8, 4) is 11.8 Å². The van der Waals surface area contributed by atoms with Gasteiger partial charge >= 0.3 is 0 Å². The van der Waals surface area contributed by atoms with Crippen LogP contribution in [0.15, 0.2) is 58.5 Å². The van der Waals surface area contributed by atoms with Gasteiger partial charge in [0.1, 0.15) is 35.5 Å². The number of nitrogens with one attached hydrogen (secondary N) is 1. The molecule has 30 heavy (non-hydrogen) atoms. The van der Waals surface area contributed by atoms with Gasteiger partial charge in [-0.3, -0.25) is 4.79 Å². The van der Waals surface area contributed by atoms with Crippen molar-refractivity contribution in [2.24, 2.45) is 0 Å². The molecule has 0 atom stereocenters. The minimum atomic E-state index is -0.547. The highest BCUT2D eigenvalue weighted by Gasteiger charge is 2.13. The van der Waals surface area contributed by atoms with E-state index in [0.717, 1.165) is 11.1 Å². The number of nitrogens with zero attached hydrogens (tertiary/aromatic N) is 1. The fourth-order valence-corrected chi connectivity index (χ4v) is 2.91. The van der Waals surface area contributed by atoms with Gasteiger partial charge in [-0.25, -0.2) is 0 Å². The maximum atomic E-state index is 12.5. The second-order valence-electron chi connectivity index (χ2n) is 6.59. The summed E-state index contributed by atoms with van der Waals surface area (Å²) < 4.78 is 11.3. The Morgan fingerprint density at radius 2 is 1.93 bits per heavy atom. The van der Waals surface area contributed by atoms with E-state index < -0.39 is 5.91 Å². The van der Waals surface area contributed by atoms with Gasteiger partial charge in [-0.1, -0.05) is 29.3 Å². The standard InChI is InChI=1S/C23H18Cl2N2O3/c1-14-3-4-17(24)11-22(14)27-23(28)16(12-26)10-19-5-6-20(30-19)13-29-18-7-8-21(25)15(2)9-18/h3-11H,13H2,1-2H3,(H,27,28)/b16-10+. The molecule has 0 aliphatic heterocycles. The SMILES string of the molecule is Cc1cc(OCc2ccc(/C=C(\C#N)C(=O)Nc3cc(Cl)ccc3C)o2)ccc1Cl. The van der Waals surface area contributed by atoms with Crippen molar-refractivity contribution >= 4 is 40.9 Å². The Labute approximate surface area is 184 Å². The van der Waals surface area contributed by atoms with Crippen LogP contribution in [0.4, 0.5) is 5.69 Å². The minimum Gasteiger partial charge on any atom is -0.486 e. The first-order chi connectivity index (χ1) is 14.4. The normalized spacial score (nSPS) is 11.1. The lowest BCUT2D eigenvalue weighted by molar-refractivity contribution is -0.112. The molecule has 0 saturated heterocycles. The molecule has 5 nitrogen and oxygen atoms in total. The van der Waals surface area contributed by atoms with Crippen molar-refractivity contribution < 1.29 is 13.9 Å². The van der Waals surface area contributed by atoms with E-state index in [2.05, 4.69) is 5.32 Å². The van der Waals surface area contributed by atoms with E-state index in [-0.39, 0.29) is 12.2 Å². The summed E-state index contributed by atoms with van der Waals surface area (Å²) in [7, 11) is 0. The number of amides is 1. The quantitative estimate of drug-likeness (QED) is 0.358. The zero-order valence-electron chi connectivity index (χ0n) is 16.3. The topological polar surface area (TPSA) is 75.3 Å². The van der Waals surface area contributed by atoms with E-state index in [1.54, 1.807) is 42.5 Å². The van der Waals surface area contributed by atoms with Gasteiger partial charge in [0.25, 0.3) is 5.91 Å². The fourth-order valence-electron chi connectivity index (χ4n) is 2.62. The predicted molar refractivity (Wildman–Crippen MR) is 118 cm³/mol. The number of aryl methyl sites for hydroxylation is 2. The first-order valence-electron chi connectivity index (χ1n) is 9.02. The second-order valence-corrected chi connectivity index (χ2v) is 7.43. The van der Waals surface area contributed by atoms with Gasteiger partial charge in [-0.15, -0.1) is 0 Å². The molecular formula is C23H18Cl2N2O3. The lowest BCUT2D eigenvalue weighted by atomic mass is 10.1. The summed E-state index contributed by atoms with van der Waals surface area (Å²) in [5.41, 5.74) is 2.20. The number of carbonyl (C=O) groups is 1. The Morgan fingerprint density at radius 1 is 1.13 bits per heavy atom. The smallest absolute Gasteiger partial charge is 0.266 e. The molecule has 7 heteroatoms. The largest absolute Gasteiger partial charge is 0.486 e. The minimum absolute atomic E-state index is 0.0930. The maximum absolute atomic E-state index is 12.5. The summed E-state index contributed by atoms with van der Waals surface area (Å²) in [6.07, 6.45) is 1.38. The molecule has 3 rings (SSSR count). The van der Waals surface area contributed by atoms with Crippen molar-refractivity contribution in [2.75, 3.05) is 5.32 Å². The van der Waals surface area contributed by atoms with E-state index in [4.69, 9.17) is 32.4 Å². The molecule has 0 radical (unpaired) electrons. The zero-order chi connectivity index (χ0) is 21.7. The van der Waals surface area contributed by atoms with E-state index in [0.29, 0.717) is 33.0 Å². The molecule has 152 valence electrons. The number of anilines is 1. The Balaban J connectivity index is 1.68. The highest BCUT2D eigenvalue weighted by Crippen LogP contribution is 2.23. The number of halogens is 2. The Kier molecular flexibility index (Phi) is 6.83. The van der Waals surface area contributed by atoms with Crippen LogP contribution in [-0.2, 0) is 11.4 Å². The molecule has 0 fully saturated rings. The molecule has 2 aromatic carbocycles. The highest BCUT2D eigenvalue weighted by molar-refractivity contribution is 6.31. The number of carbonyl (C=O) groups excluding carboxylic acids is 1. The van der Waals surface area contributed by atoms with Crippen LogP contribution in [0.2, 0.25) is 10.0 Å². The van der Waals surface area contributed by atoms with Gasteiger partial charge in [0.2, 0.25) is 0 Å². The molecule has 0 spiro atoms. The van der Waals surface area contributed by atoms with Crippen LogP contribution < -0.4 is 10.1 Å². The van der Waals surface area contributed by atoms with Crippen LogP contribution in [0.25, 0.3) is 6.08 Å². The summed E-state index contributed by atoms with van der Waals surface area (Å²) >= 11 is 12.0. The van der Waals surface area contributed by atoms with Gasteiger partial charge in [0.05, 0.1) is 0 Å². The van der Waals surface area contributed by atoms with Gasteiger partial charge in [0.15, 0.2) is 0 Å². The van der Waals surface area contributed by atoms with E-state index in [1.807, 2.05) is 26.0 Å². The molecule has 0 aliphatic carbocycles. The molecule has 3 aromatic rings. The molecule has 0 aliphatic rings. The molecule has 0 saturated carbocycles. The summed E-state index contributed by atoms with van der Waals surface area (Å²) in [6, 6.07) is 15.8. The summed E-state index contributed by atoms with van der Waals surface area (Å²) in [6.45, 7) is 3.93. The monoisotopic (exact) mass is 440 g/mol. The van der Waals surface area contributed by atoms with E-state index >= 15 is 0 Å². The van der Waals surface area contributed by atoms with Crippen LogP contribution in [0.3, 0.4) is 0 Å². The lowest BCUT2D eigenvalue weighted by Crippen LogP contribution is -2.14. The third kappa shape index (κ3) is 5.44. The maximum Gasteiger partial charge on any atom is 0.266 e. The van der Waals surface area contributed by atoms with Gasteiger partial charge in [0, 0.05) is 21.8 Å². The second kappa shape index (κ2) is 9.53. The molecule has 0 unspecified atom stereocenters. The molecule has 1 N–H and O–H groups in total. The highest BCUT2D eigenvalue weighted by atomic mass is 35.5. The Bertz CT molecular complexity index is 1160. The van der Waals surface area contributed by atoms with Crippen molar-refractivity contribution in [3.05, 3.63) is 86.8 Å². The van der Waals surface area contributed by atoms with Gasteiger partial charge in [-0.05, 0) is 67.4 Å². The van der Waals surface area contributed by atoms with Crippen molar-refractivity contribution in [1.82, 2.24) is 0 Å². The van der Waals surface area contributed by atoms with Crippen LogP contribution in [-0.4, -0.2) is 5.91 Å². The number of furan rings is 1. The first kappa shape index (κ1) is 21.5. The number of nitriles is 1. The van der Waals surface area contributed by atoms with Crippen LogP contribution in [0, 0.1) is 25.2 Å². The van der Waals surface area contributed by atoms with Crippen molar-refractivity contribution in [2.45, 2.75) is 20.5 Å². The van der Waals surface area contributed by atoms with Crippen molar-refractivity contribution in [1.29, 1.82) is 5.26 Å². The Morgan fingerprint density at radius 3 is 2.67 bits per heavy atom. The fraction of sp³-hybridized carbons (Fsp3) is 0.130. The average molecular weight is 441 g/mol. The number of rotatable bonds is 6. The average Bonchev–Trinajstić information content (AvgIpc) is 3.17. The summed E-state index contributed by atoms with van der Waals surface area (Å²) in [5.74, 6) is 1.04. The zero-order valence-corrected chi connectivity index (χ0v) is 17.8. The number of benzene rings is 2. The number of ether oxygens (including phenoxy) is 1. The van der Waals surface area contributed by atoms with Crippen LogP contribution in [0.1, 0.15) is 22.6 Å². The van der Waals surface area contributed by atoms with E-state index in [9.17, 15) is 10.1 Å². The Hall–Kier alpha value is -3.20. The van der Waals surface area contributed by atoms with Gasteiger partial charge < -0.3 is 14.5 Å². The third-order valence-electron chi connectivity index (χ3n) is 4.29.